The maximum Gasteiger partial charge on any atom is 0.238 e. The van der Waals surface area contributed by atoms with E-state index in [2.05, 4.69) is 185 Å². The first-order chi connectivity index (χ1) is 30.7. The average molecular weight is 793 g/mol. The van der Waals surface area contributed by atoms with Gasteiger partial charge in [0.05, 0.1) is 33.5 Å². The van der Waals surface area contributed by atoms with Gasteiger partial charge in [-0.2, -0.15) is 9.97 Å². The smallest absolute Gasteiger partial charge is 0.238 e. The van der Waals surface area contributed by atoms with Crippen LogP contribution in [0.5, 0.6) is 0 Å². The van der Waals surface area contributed by atoms with Gasteiger partial charge in [0.25, 0.3) is 0 Å². The third kappa shape index (κ3) is 5.96. The van der Waals surface area contributed by atoms with Crippen molar-refractivity contribution in [3.05, 3.63) is 218 Å². The summed E-state index contributed by atoms with van der Waals surface area (Å²) < 4.78 is 4.59. The second-order valence-electron chi connectivity index (χ2n) is 15.5. The van der Waals surface area contributed by atoms with Crippen molar-refractivity contribution in [3.8, 4) is 68.1 Å². The summed E-state index contributed by atoms with van der Waals surface area (Å²) in [4.78, 5) is 20.7. The van der Waals surface area contributed by atoms with Crippen LogP contribution in [-0.2, 0) is 0 Å². The Hall–Kier alpha value is -8.48. The average Bonchev–Trinajstić information content (AvgIpc) is 3.88. The van der Waals surface area contributed by atoms with Gasteiger partial charge in [0.15, 0.2) is 11.6 Å². The lowest BCUT2D eigenvalue weighted by atomic mass is 10.0. The second kappa shape index (κ2) is 14.7. The summed E-state index contributed by atoms with van der Waals surface area (Å²) in [6.45, 7) is 0. The molecule has 0 radical (unpaired) electrons. The number of rotatable bonds is 7. The topological polar surface area (TPSA) is 61.4 Å². The largest absolute Gasteiger partial charge is 0.309 e. The lowest BCUT2D eigenvalue weighted by molar-refractivity contribution is 0.953. The van der Waals surface area contributed by atoms with Crippen LogP contribution in [0, 0.1) is 0 Å². The molecular weight excluding hydrogens is 757 g/mol. The number of para-hydroxylation sites is 2. The van der Waals surface area contributed by atoms with Gasteiger partial charge in [-0.3, -0.25) is 4.57 Å². The zero-order chi connectivity index (χ0) is 41.0. The van der Waals surface area contributed by atoms with E-state index in [0.29, 0.717) is 17.6 Å². The Balaban J connectivity index is 1.05. The summed E-state index contributed by atoms with van der Waals surface area (Å²) in [7, 11) is 0. The van der Waals surface area contributed by atoms with Crippen LogP contribution < -0.4 is 0 Å². The lowest BCUT2D eigenvalue weighted by Gasteiger charge is -2.12. The first-order valence-corrected chi connectivity index (χ1v) is 20.8. The van der Waals surface area contributed by atoms with Crippen molar-refractivity contribution in [2.75, 3.05) is 0 Å². The molecule has 0 aliphatic rings. The molecule has 0 amide bonds. The number of fused-ring (bicyclic) bond motifs is 7. The molecule has 8 aromatic carbocycles. The van der Waals surface area contributed by atoms with Gasteiger partial charge in [0, 0.05) is 49.5 Å². The molecule has 0 aliphatic heterocycles. The Bertz CT molecular complexity index is 3610. The van der Waals surface area contributed by atoms with Crippen molar-refractivity contribution in [2.24, 2.45) is 0 Å². The fourth-order valence-electron chi connectivity index (χ4n) is 8.94. The second-order valence-corrected chi connectivity index (χ2v) is 15.5. The van der Waals surface area contributed by atoms with E-state index in [1.807, 2.05) is 42.5 Å². The van der Waals surface area contributed by atoms with E-state index < -0.39 is 0 Å². The molecule has 62 heavy (non-hydrogen) atoms. The van der Waals surface area contributed by atoms with E-state index in [1.165, 1.54) is 10.8 Å². The molecule has 0 saturated heterocycles. The zero-order valence-corrected chi connectivity index (χ0v) is 33.5. The third-order valence-corrected chi connectivity index (χ3v) is 11.8. The van der Waals surface area contributed by atoms with E-state index in [4.69, 9.17) is 19.9 Å². The van der Waals surface area contributed by atoms with Gasteiger partial charge in [-0.25, -0.2) is 9.97 Å². The zero-order valence-electron chi connectivity index (χ0n) is 33.5. The summed E-state index contributed by atoms with van der Waals surface area (Å²) in [6.07, 6.45) is 0. The molecule has 290 valence electrons. The molecular formula is C56H36N6. The van der Waals surface area contributed by atoms with Gasteiger partial charge in [0.1, 0.15) is 0 Å². The Morgan fingerprint density at radius 1 is 0.274 bits per heavy atom. The molecule has 0 N–H and O–H groups in total. The standard InChI is InChI=1S/C56H36N6/c1-4-16-37(17-5-1)41-22-14-23-42(36-41)55-58-54(40-20-8-3-9-21-40)59-56(60-55)62-49-29-13-11-25-45(49)53-51(62)35-34-50-52(53)44-24-10-12-28-48(44)61(50)43-32-30-39(31-33-43)47-27-15-26-46(57-47)38-18-6-2-7-19-38/h1-36H. The fourth-order valence-corrected chi connectivity index (χ4v) is 8.94. The van der Waals surface area contributed by atoms with Crippen molar-refractivity contribution in [3.63, 3.8) is 0 Å². The van der Waals surface area contributed by atoms with Crippen LogP contribution in [0.1, 0.15) is 0 Å². The minimum atomic E-state index is 0.564. The summed E-state index contributed by atoms with van der Waals surface area (Å²) in [5.74, 6) is 1.79. The highest BCUT2D eigenvalue weighted by Crippen LogP contribution is 2.42. The molecule has 0 aliphatic carbocycles. The Kier molecular flexibility index (Phi) is 8.38. The van der Waals surface area contributed by atoms with Crippen LogP contribution in [0.3, 0.4) is 0 Å². The predicted molar refractivity (Wildman–Crippen MR) is 253 cm³/mol. The van der Waals surface area contributed by atoms with Gasteiger partial charge in [-0.05, 0) is 65.7 Å². The molecule has 0 atom stereocenters. The minimum absolute atomic E-state index is 0.564. The van der Waals surface area contributed by atoms with Crippen molar-refractivity contribution in [1.29, 1.82) is 0 Å². The Morgan fingerprint density at radius 2 is 0.742 bits per heavy atom. The molecule has 4 aromatic heterocycles. The Morgan fingerprint density at radius 3 is 1.39 bits per heavy atom. The molecule has 4 heterocycles. The number of hydrogen-bond donors (Lipinski definition) is 0. The highest BCUT2D eigenvalue weighted by Gasteiger charge is 2.23. The van der Waals surface area contributed by atoms with E-state index >= 15 is 0 Å². The summed E-state index contributed by atoms with van der Waals surface area (Å²) in [6, 6.07) is 76.1. The Labute approximate surface area is 357 Å². The molecule has 6 nitrogen and oxygen atoms in total. The number of hydrogen-bond acceptors (Lipinski definition) is 4. The SMILES string of the molecule is c1ccc(-c2cccc(-c3nc(-c4ccccc4)nc(-n4c5ccccc5c5c6c7ccccc7n(-c7ccc(-c8cccc(-c9ccccc9)n8)cc7)c6ccc54)n3)c2)cc1. The first kappa shape index (κ1) is 35.5. The molecule has 0 fully saturated rings. The van der Waals surface area contributed by atoms with Gasteiger partial charge >= 0.3 is 0 Å². The molecule has 0 saturated carbocycles. The van der Waals surface area contributed by atoms with Crippen LogP contribution in [0.4, 0.5) is 0 Å². The van der Waals surface area contributed by atoms with Crippen LogP contribution in [0.15, 0.2) is 218 Å². The van der Waals surface area contributed by atoms with Crippen LogP contribution in [0.25, 0.3) is 112 Å². The van der Waals surface area contributed by atoms with E-state index in [1.54, 1.807) is 0 Å². The molecule has 6 heteroatoms. The number of nitrogens with zero attached hydrogens (tertiary/aromatic N) is 6. The quantitative estimate of drug-likeness (QED) is 0.161. The molecule has 0 bridgehead atoms. The van der Waals surface area contributed by atoms with Crippen LogP contribution >= 0.6 is 0 Å². The number of aromatic nitrogens is 6. The highest BCUT2D eigenvalue weighted by atomic mass is 15.2. The number of pyridine rings is 1. The molecule has 0 unspecified atom stereocenters. The normalized spacial score (nSPS) is 11.5. The van der Waals surface area contributed by atoms with E-state index in [9.17, 15) is 0 Å². The van der Waals surface area contributed by atoms with Crippen LogP contribution in [0.2, 0.25) is 0 Å². The van der Waals surface area contributed by atoms with Crippen molar-refractivity contribution >= 4 is 43.6 Å². The summed E-state index contributed by atoms with van der Waals surface area (Å²) in [5.41, 5.74) is 13.5. The number of benzene rings is 8. The third-order valence-electron chi connectivity index (χ3n) is 11.8. The van der Waals surface area contributed by atoms with Gasteiger partial charge in [-0.15, -0.1) is 0 Å². The highest BCUT2D eigenvalue weighted by molar-refractivity contribution is 6.28. The van der Waals surface area contributed by atoms with Gasteiger partial charge in [-0.1, -0.05) is 164 Å². The van der Waals surface area contributed by atoms with Crippen LogP contribution in [-0.4, -0.2) is 29.1 Å². The van der Waals surface area contributed by atoms with Gasteiger partial charge in [0.2, 0.25) is 5.95 Å². The van der Waals surface area contributed by atoms with Crippen molar-refractivity contribution < 1.29 is 0 Å². The van der Waals surface area contributed by atoms with E-state index in [-0.39, 0.29) is 0 Å². The monoisotopic (exact) mass is 792 g/mol. The molecule has 0 spiro atoms. The maximum absolute atomic E-state index is 5.29. The lowest BCUT2D eigenvalue weighted by Crippen LogP contribution is -2.06. The van der Waals surface area contributed by atoms with Crippen molar-refractivity contribution in [1.82, 2.24) is 29.1 Å². The maximum atomic E-state index is 5.29. The fraction of sp³-hybridized carbons (Fsp3) is 0. The molecule has 12 aromatic rings. The predicted octanol–water partition coefficient (Wildman–Crippen LogP) is 13.8. The van der Waals surface area contributed by atoms with E-state index in [0.717, 1.165) is 83.3 Å². The van der Waals surface area contributed by atoms with Crippen molar-refractivity contribution in [2.45, 2.75) is 0 Å². The summed E-state index contributed by atoms with van der Waals surface area (Å²) in [5, 5.41) is 4.64. The summed E-state index contributed by atoms with van der Waals surface area (Å²) >= 11 is 0. The van der Waals surface area contributed by atoms with Gasteiger partial charge < -0.3 is 4.57 Å². The first-order valence-electron chi connectivity index (χ1n) is 20.8. The molecule has 12 rings (SSSR count). The minimum Gasteiger partial charge on any atom is -0.309 e.